The maximum Gasteiger partial charge on any atom is 0.409 e. The van der Waals surface area contributed by atoms with Gasteiger partial charge in [-0.15, -0.1) is 0 Å². The van der Waals surface area contributed by atoms with Crippen LogP contribution in [0.1, 0.15) is 0 Å². The molecule has 0 spiro atoms. The van der Waals surface area contributed by atoms with E-state index in [4.69, 9.17) is 5.11 Å². The monoisotopic (exact) mass is 302 g/mol. The van der Waals surface area contributed by atoms with Gasteiger partial charge in [-0.05, 0) is 36.4 Å². The van der Waals surface area contributed by atoms with Gasteiger partial charge in [0.25, 0.3) is 0 Å². The molecule has 23 heavy (non-hydrogen) atoms. The molecular weight excluding hydrogens is 288 g/mol. The molecule has 4 aromatic rings. The number of anilines is 1. The lowest BCUT2D eigenvalue weighted by Crippen LogP contribution is -2.07. The summed E-state index contributed by atoms with van der Waals surface area (Å²) >= 11 is 0. The lowest BCUT2D eigenvalue weighted by molar-refractivity contribution is 0.210. The highest BCUT2D eigenvalue weighted by Gasteiger charge is 2.11. The normalized spacial score (nSPS) is 11.0. The van der Waals surface area contributed by atoms with Crippen LogP contribution in [0.5, 0.6) is 0 Å². The molecule has 3 aromatic carbocycles. The molecule has 1 aromatic heterocycles. The van der Waals surface area contributed by atoms with Gasteiger partial charge in [0.2, 0.25) is 0 Å². The molecule has 0 atom stereocenters. The Morgan fingerprint density at radius 2 is 1.30 bits per heavy atom. The predicted octanol–water partition coefficient (Wildman–Crippen LogP) is 4.87. The molecule has 0 aliphatic rings. The number of para-hydroxylation sites is 2. The fourth-order valence-corrected chi connectivity index (χ4v) is 3.02. The smallest absolute Gasteiger partial charge is 0.409 e. The van der Waals surface area contributed by atoms with Crippen LogP contribution in [0.2, 0.25) is 0 Å². The summed E-state index contributed by atoms with van der Waals surface area (Å²) in [5.41, 5.74) is 3.82. The van der Waals surface area contributed by atoms with Crippen LogP contribution in [-0.4, -0.2) is 15.8 Å². The van der Waals surface area contributed by atoms with Crippen molar-refractivity contribution in [2.75, 3.05) is 5.32 Å². The van der Waals surface area contributed by atoms with Crippen LogP contribution in [0.3, 0.4) is 0 Å². The first-order valence-corrected chi connectivity index (χ1v) is 7.32. The minimum atomic E-state index is -1.06. The highest BCUT2D eigenvalue weighted by Crippen LogP contribution is 2.31. The third-order valence-corrected chi connectivity index (χ3v) is 3.96. The average Bonchev–Trinajstić information content (AvgIpc) is 2.90. The molecule has 4 heteroatoms. The van der Waals surface area contributed by atoms with Crippen molar-refractivity contribution in [2.45, 2.75) is 0 Å². The van der Waals surface area contributed by atoms with Gasteiger partial charge < -0.3 is 9.67 Å². The van der Waals surface area contributed by atoms with Gasteiger partial charge in [0, 0.05) is 22.1 Å². The average molecular weight is 302 g/mol. The fraction of sp³-hybridized carbons (Fsp3) is 0. The Labute approximate surface area is 132 Å². The van der Waals surface area contributed by atoms with Crippen molar-refractivity contribution < 1.29 is 9.90 Å². The van der Waals surface area contributed by atoms with Gasteiger partial charge in [0.1, 0.15) is 0 Å². The van der Waals surface area contributed by atoms with E-state index in [2.05, 4.69) is 34.1 Å². The van der Waals surface area contributed by atoms with Crippen LogP contribution < -0.4 is 5.32 Å². The summed E-state index contributed by atoms with van der Waals surface area (Å²) in [6.45, 7) is 0. The number of nitrogens with one attached hydrogen (secondary N) is 1. The molecule has 0 saturated heterocycles. The maximum atomic E-state index is 10.7. The number of aromatic nitrogens is 1. The molecular formula is C19H14N2O2. The SMILES string of the molecule is O=C(O)Nc1ccc(-n2c3ccccc3c3ccccc32)cc1. The van der Waals surface area contributed by atoms with E-state index in [1.165, 1.54) is 10.8 Å². The van der Waals surface area contributed by atoms with Gasteiger partial charge in [0.15, 0.2) is 0 Å². The standard InChI is InChI=1S/C19H14N2O2/c22-19(23)20-13-9-11-14(12-10-13)21-17-7-3-1-5-15(17)16-6-2-4-8-18(16)21/h1-12,20H,(H,22,23). The number of rotatable bonds is 2. The molecule has 4 nitrogen and oxygen atoms in total. The summed E-state index contributed by atoms with van der Waals surface area (Å²) in [6, 6.07) is 23.9. The number of nitrogens with zero attached hydrogens (tertiary/aromatic N) is 1. The van der Waals surface area contributed by atoms with Crippen LogP contribution in [0.4, 0.5) is 10.5 Å². The second-order valence-corrected chi connectivity index (χ2v) is 5.35. The Balaban J connectivity index is 1.95. The van der Waals surface area contributed by atoms with Gasteiger partial charge in [-0.3, -0.25) is 5.32 Å². The first-order valence-electron chi connectivity index (χ1n) is 7.32. The number of benzene rings is 3. The van der Waals surface area contributed by atoms with Crippen molar-refractivity contribution in [1.29, 1.82) is 0 Å². The Hall–Kier alpha value is -3.27. The minimum Gasteiger partial charge on any atom is -0.465 e. The third kappa shape index (κ3) is 2.21. The third-order valence-electron chi connectivity index (χ3n) is 3.96. The van der Waals surface area contributed by atoms with Crippen LogP contribution in [-0.2, 0) is 0 Å². The highest BCUT2D eigenvalue weighted by atomic mass is 16.4. The van der Waals surface area contributed by atoms with E-state index in [-0.39, 0.29) is 0 Å². The maximum absolute atomic E-state index is 10.7. The molecule has 2 N–H and O–H groups in total. The van der Waals surface area contributed by atoms with Crippen molar-refractivity contribution in [3.8, 4) is 5.69 Å². The van der Waals surface area contributed by atoms with Crippen LogP contribution >= 0.6 is 0 Å². The largest absolute Gasteiger partial charge is 0.465 e. The van der Waals surface area contributed by atoms with E-state index in [0.717, 1.165) is 16.7 Å². The fourth-order valence-electron chi connectivity index (χ4n) is 3.02. The summed E-state index contributed by atoms with van der Waals surface area (Å²) in [6.07, 6.45) is -1.06. The number of carbonyl (C=O) groups is 1. The lowest BCUT2D eigenvalue weighted by atomic mass is 10.2. The predicted molar refractivity (Wildman–Crippen MR) is 92.4 cm³/mol. The molecule has 0 bridgehead atoms. The van der Waals surface area contributed by atoms with Gasteiger partial charge in [-0.1, -0.05) is 36.4 Å². The summed E-state index contributed by atoms with van der Waals surface area (Å²) in [4.78, 5) is 10.7. The number of hydrogen-bond donors (Lipinski definition) is 2. The first kappa shape index (κ1) is 13.4. The second-order valence-electron chi connectivity index (χ2n) is 5.35. The van der Waals surface area contributed by atoms with E-state index in [1.807, 2.05) is 36.4 Å². The Bertz CT molecular complexity index is 963. The van der Waals surface area contributed by atoms with E-state index < -0.39 is 6.09 Å². The molecule has 1 heterocycles. The Morgan fingerprint density at radius 1 is 0.783 bits per heavy atom. The zero-order valence-corrected chi connectivity index (χ0v) is 12.2. The molecule has 0 saturated carbocycles. The van der Waals surface area contributed by atoms with Crippen molar-refractivity contribution in [2.24, 2.45) is 0 Å². The van der Waals surface area contributed by atoms with E-state index in [1.54, 1.807) is 12.1 Å². The zero-order chi connectivity index (χ0) is 15.8. The van der Waals surface area contributed by atoms with E-state index in [0.29, 0.717) is 5.69 Å². The number of amides is 1. The molecule has 0 unspecified atom stereocenters. The number of hydrogen-bond acceptors (Lipinski definition) is 1. The zero-order valence-electron chi connectivity index (χ0n) is 12.2. The van der Waals surface area contributed by atoms with E-state index >= 15 is 0 Å². The molecule has 0 radical (unpaired) electrons. The molecule has 4 rings (SSSR count). The van der Waals surface area contributed by atoms with Gasteiger partial charge in [-0.25, -0.2) is 4.79 Å². The molecule has 1 amide bonds. The summed E-state index contributed by atoms with van der Waals surface area (Å²) in [5.74, 6) is 0. The minimum absolute atomic E-state index is 0.557. The van der Waals surface area contributed by atoms with Crippen molar-refractivity contribution in [3.05, 3.63) is 72.8 Å². The van der Waals surface area contributed by atoms with Crippen LogP contribution in [0.15, 0.2) is 72.8 Å². The van der Waals surface area contributed by atoms with Crippen LogP contribution in [0.25, 0.3) is 27.5 Å². The second kappa shape index (κ2) is 5.18. The number of carboxylic acid groups (broad SMARTS) is 1. The summed E-state index contributed by atoms with van der Waals surface area (Å²) < 4.78 is 2.19. The van der Waals surface area contributed by atoms with Crippen molar-refractivity contribution >= 4 is 33.6 Å². The lowest BCUT2D eigenvalue weighted by Gasteiger charge is -2.09. The highest BCUT2D eigenvalue weighted by molar-refractivity contribution is 6.09. The molecule has 0 aliphatic carbocycles. The van der Waals surface area contributed by atoms with Gasteiger partial charge >= 0.3 is 6.09 Å². The Kier molecular flexibility index (Phi) is 3.01. The van der Waals surface area contributed by atoms with Crippen molar-refractivity contribution in [3.63, 3.8) is 0 Å². The summed E-state index contributed by atoms with van der Waals surface area (Å²) in [7, 11) is 0. The van der Waals surface area contributed by atoms with Crippen molar-refractivity contribution in [1.82, 2.24) is 4.57 Å². The molecule has 0 fully saturated rings. The van der Waals surface area contributed by atoms with Gasteiger partial charge in [-0.2, -0.15) is 0 Å². The first-order chi connectivity index (χ1) is 11.2. The Morgan fingerprint density at radius 3 is 1.83 bits per heavy atom. The molecule has 0 aliphatic heterocycles. The van der Waals surface area contributed by atoms with Gasteiger partial charge in [0.05, 0.1) is 11.0 Å². The van der Waals surface area contributed by atoms with E-state index in [9.17, 15) is 4.79 Å². The summed E-state index contributed by atoms with van der Waals surface area (Å²) in [5, 5.41) is 13.6. The number of fused-ring (bicyclic) bond motifs is 3. The van der Waals surface area contributed by atoms with Crippen LogP contribution in [0, 0.1) is 0 Å². The topological polar surface area (TPSA) is 54.3 Å². The molecule has 112 valence electrons. The quantitative estimate of drug-likeness (QED) is 0.555.